The van der Waals surface area contributed by atoms with Crippen LogP contribution in [0.3, 0.4) is 0 Å². The summed E-state index contributed by atoms with van der Waals surface area (Å²) in [5.41, 5.74) is 1.36. The molecule has 0 spiro atoms. The SMILES string of the molecule is COC/C=C(\COC)C1C=CCCCC1. The highest BCUT2D eigenvalue weighted by Crippen LogP contribution is 2.24. The summed E-state index contributed by atoms with van der Waals surface area (Å²) in [5, 5.41) is 0. The normalized spacial score (nSPS) is 22.8. The van der Waals surface area contributed by atoms with E-state index in [0.29, 0.717) is 12.5 Å². The standard InChI is InChI=1S/C13H22O2/c1-14-10-9-13(11-15-2)12-7-5-3-4-6-8-12/h5,7,9,12H,3-4,6,8,10-11H2,1-2H3/b13-9+. The van der Waals surface area contributed by atoms with Gasteiger partial charge in [-0.25, -0.2) is 0 Å². The van der Waals surface area contributed by atoms with Crippen LogP contribution in [0.25, 0.3) is 0 Å². The van der Waals surface area contributed by atoms with E-state index in [4.69, 9.17) is 9.47 Å². The van der Waals surface area contributed by atoms with Gasteiger partial charge >= 0.3 is 0 Å². The van der Waals surface area contributed by atoms with Crippen LogP contribution < -0.4 is 0 Å². The average molecular weight is 210 g/mol. The second-order valence-corrected chi connectivity index (χ2v) is 3.99. The van der Waals surface area contributed by atoms with Crippen molar-refractivity contribution in [2.45, 2.75) is 25.7 Å². The fourth-order valence-corrected chi connectivity index (χ4v) is 1.97. The van der Waals surface area contributed by atoms with Gasteiger partial charge in [-0.1, -0.05) is 24.6 Å². The maximum atomic E-state index is 5.24. The molecule has 0 amide bonds. The summed E-state index contributed by atoms with van der Waals surface area (Å²) < 4.78 is 10.3. The predicted octanol–water partition coefficient (Wildman–Crippen LogP) is 2.95. The Kier molecular flexibility index (Phi) is 6.37. The van der Waals surface area contributed by atoms with E-state index < -0.39 is 0 Å². The lowest BCUT2D eigenvalue weighted by Crippen LogP contribution is -2.07. The van der Waals surface area contributed by atoms with Crippen LogP contribution in [0.1, 0.15) is 25.7 Å². The van der Waals surface area contributed by atoms with Gasteiger partial charge in [0, 0.05) is 20.1 Å². The minimum Gasteiger partial charge on any atom is -0.381 e. The molecule has 0 saturated carbocycles. The van der Waals surface area contributed by atoms with Crippen molar-refractivity contribution in [3.05, 3.63) is 23.8 Å². The molecule has 0 bridgehead atoms. The monoisotopic (exact) mass is 210 g/mol. The molecule has 1 unspecified atom stereocenters. The third-order valence-electron chi connectivity index (χ3n) is 2.80. The summed E-state index contributed by atoms with van der Waals surface area (Å²) >= 11 is 0. The number of methoxy groups -OCH3 is 2. The average Bonchev–Trinajstić information content (AvgIpc) is 2.52. The Morgan fingerprint density at radius 2 is 2.20 bits per heavy atom. The Balaban J connectivity index is 2.59. The molecule has 2 nitrogen and oxygen atoms in total. The van der Waals surface area contributed by atoms with Crippen molar-refractivity contribution in [1.82, 2.24) is 0 Å². The predicted molar refractivity (Wildman–Crippen MR) is 62.9 cm³/mol. The zero-order valence-electron chi connectivity index (χ0n) is 9.87. The minimum atomic E-state index is 0.558. The highest BCUT2D eigenvalue weighted by Gasteiger charge is 2.12. The van der Waals surface area contributed by atoms with E-state index in [-0.39, 0.29) is 0 Å². The molecule has 0 aromatic rings. The zero-order chi connectivity index (χ0) is 10.9. The molecule has 0 N–H and O–H groups in total. The van der Waals surface area contributed by atoms with Crippen molar-refractivity contribution in [2.75, 3.05) is 27.4 Å². The summed E-state index contributed by atoms with van der Waals surface area (Å²) in [6.45, 7) is 1.40. The molecule has 0 fully saturated rings. The molecule has 0 saturated heterocycles. The van der Waals surface area contributed by atoms with Crippen molar-refractivity contribution in [3.8, 4) is 0 Å². The van der Waals surface area contributed by atoms with Gasteiger partial charge in [0.05, 0.1) is 13.2 Å². The first-order valence-electron chi connectivity index (χ1n) is 5.72. The van der Waals surface area contributed by atoms with E-state index >= 15 is 0 Å². The van der Waals surface area contributed by atoms with Crippen LogP contribution in [0.2, 0.25) is 0 Å². The Labute approximate surface area is 93.0 Å². The Morgan fingerprint density at radius 3 is 2.93 bits per heavy atom. The Morgan fingerprint density at radius 1 is 1.33 bits per heavy atom. The van der Waals surface area contributed by atoms with Crippen molar-refractivity contribution >= 4 is 0 Å². The summed E-state index contributed by atoms with van der Waals surface area (Å²) in [4.78, 5) is 0. The second kappa shape index (κ2) is 7.66. The van der Waals surface area contributed by atoms with Gasteiger partial charge < -0.3 is 9.47 Å². The van der Waals surface area contributed by atoms with Crippen LogP contribution in [0, 0.1) is 5.92 Å². The van der Waals surface area contributed by atoms with Crippen molar-refractivity contribution < 1.29 is 9.47 Å². The van der Waals surface area contributed by atoms with Gasteiger partial charge in [0.1, 0.15) is 0 Å². The number of rotatable bonds is 5. The van der Waals surface area contributed by atoms with Crippen molar-refractivity contribution in [1.29, 1.82) is 0 Å². The molecular weight excluding hydrogens is 188 g/mol. The lowest BCUT2D eigenvalue weighted by molar-refractivity contribution is 0.210. The van der Waals surface area contributed by atoms with Crippen LogP contribution in [-0.2, 0) is 9.47 Å². The van der Waals surface area contributed by atoms with Gasteiger partial charge in [-0.3, -0.25) is 0 Å². The highest BCUT2D eigenvalue weighted by molar-refractivity contribution is 5.15. The molecule has 0 aromatic heterocycles. The van der Waals surface area contributed by atoms with Crippen molar-refractivity contribution in [2.24, 2.45) is 5.92 Å². The van der Waals surface area contributed by atoms with E-state index in [0.717, 1.165) is 6.61 Å². The van der Waals surface area contributed by atoms with Gasteiger partial charge in [-0.2, -0.15) is 0 Å². The summed E-state index contributed by atoms with van der Waals surface area (Å²) in [7, 11) is 3.48. The molecule has 1 aliphatic carbocycles. The van der Waals surface area contributed by atoms with Crippen LogP contribution >= 0.6 is 0 Å². The Bertz CT molecular complexity index is 219. The number of hydrogen-bond acceptors (Lipinski definition) is 2. The van der Waals surface area contributed by atoms with Crippen LogP contribution in [0.4, 0.5) is 0 Å². The molecule has 1 aliphatic rings. The molecule has 1 rings (SSSR count). The van der Waals surface area contributed by atoms with E-state index in [1.165, 1.54) is 31.3 Å². The van der Waals surface area contributed by atoms with Crippen LogP contribution in [-0.4, -0.2) is 27.4 Å². The summed E-state index contributed by atoms with van der Waals surface area (Å²) in [6.07, 6.45) is 11.9. The van der Waals surface area contributed by atoms with E-state index in [1.807, 2.05) is 0 Å². The molecular formula is C13H22O2. The van der Waals surface area contributed by atoms with Gasteiger partial charge in [0.25, 0.3) is 0 Å². The molecule has 0 aliphatic heterocycles. The van der Waals surface area contributed by atoms with E-state index in [9.17, 15) is 0 Å². The topological polar surface area (TPSA) is 18.5 Å². The Hall–Kier alpha value is -0.600. The van der Waals surface area contributed by atoms with E-state index in [2.05, 4.69) is 18.2 Å². The van der Waals surface area contributed by atoms with Gasteiger partial charge in [0.15, 0.2) is 0 Å². The fraction of sp³-hybridized carbons (Fsp3) is 0.692. The number of ether oxygens (including phenoxy) is 2. The first-order valence-corrected chi connectivity index (χ1v) is 5.72. The maximum absolute atomic E-state index is 5.24. The number of hydrogen-bond donors (Lipinski definition) is 0. The first-order chi connectivity index (χ1) is 7.38. The van der Waals surface area contributed by atoms with Gasteiger partial charge in [0.2, 0.25) is 0 Å². The first kappa shape index (κ1) is 12.5. The zero-order valence-corrected chi connectivity index (χ0v) is 9.87. The highest BCUT2D eigenvalue weighted by atomic mass is 16.5. The molecule has 0 heterocycles. The van der Waals surface area contributed by atoms with Gasteiger partial charge in [-0.15, -0.1) is 0 Å². The largest absolute Gasteiger partial charge is 0.381 e. The summed E-state index contributed by atoms with van der Waals surface area (Å²) in [5.74, 6) is 0.558. The van der Waals surface area contributed by atoms with Gasteiger partial charge in [-0.05, 0) is 24.8 Å². The van der Waals surface area contributed by atoms with Crippen LogP contribution in [0.15, 0.2) is 23.8 Å². The fourth-order valence-electron chi connectivity index (χ4n) is 1.97. The number of allylic oxidation sites excluding steroid dienone is 2. The molecule has 86 valence electrons. The molecule has 0 aromatic carbocycles. The molecule has 15 heavy (non-hydrogen) atoms. The quantitative estimate of drug-likeness (QED) is 0.649. The molecule has 0 radical (unpaired) electrons. The summed E-state index contributed by atoms with van der Waals surface area (Å²) in [6, 6.07) is 0. The van der Waals surface area contributed by atoms with E-state index in [1.54, 1.807) is 14.2 Å². The lowest BCUT2D eigenvalue weighted by atomic mass is 9.94. The maximum Gasteiger partial charge on any atom is 0.0679 e. The third kappa shape index (κ3) is 4.63. The third-order valence-corrected chi connectivity index (χ3v) is 2.80. The smallest absolute Gasteiger partial charge is 0.0679 e. The van der Waals surface area contributed by atoms with Crippen LogP contribution in [0.5, 0.6) is 0 Å². The lowest BCUT2D eigenvalue weighted by Gasteiger charge is -2.15. The molecule has 2 heteroatoms. The molecule has 1 atom stereocenters. The second-order valence-electron chi connectivity index (χ2n) is 3.99. The van der Waals surface area contributed by atoms with Crippen molar-refractivity contribution in [3.63, 3.8) is 0 Å². The minimum absolute atomic E-state index is 0.558.